The average Bonchev–Trinajstić information content (AvgIpc) is 2.86. The maximum absolute atomic E-state index is 13.2. The topological polar surface area (TPSA) is 55.4 Å². The molecule has 0 aliphatic rings. The number of anilines is 1. The number of carbonyl (C=O) groups excluding carboxylic acids is 2. The molecular formula is C26H25NO3. The third-order valence-corrected chi connectivity index (χ3v) is 4.21. The fourth-order valence-corrected chi connectivity index (χ4v) is 2.66. The van der Waals surface area contributed by atoms with Crippen molar-refractivity contribution in [3.8, 4) is 5.75 Å². The number of Topliss-reactive ketones (excluding diaryl/α,β-unsaturated/α-hetero) is 1. The number of ketones is 1. The summed E-state index contributed by atoms with van der Waals surface area (Å²) in [6.07, 6.45) is 1.06. The number of carbonyl (C=O) groups is 2. The zero-order valence-corrected chi connectivity index (χ0v) is 16.8. The Morgan fingerprint density at radius 2 is 1.67 bits per heavy atom. The van der Waals surface area contributed by atoms with Crippen LogP contribution in [0.3, 0.4) is 0 Å². The molecule has 30 heavy (non-hydrogen) atoms. The Morgan fingerprint density at radius 1 is 1.00 bits per heavy atom. The standard InChI is InChI=1S/C26H25NO3/c1-19(2)25(28)22(17-20-11-5-3-6-12-20)26(29)27-23-15-9-10-16-24(23)30-18-21-13-7-4-8-14-21/h3-17,19H,18H2,1-2H3,(H,27,29)/i3D,5D,6D,11D,12D. The molecular weight excluding hydrogens is 374 g/mol. The monoisotopic (exact) mass is 404 g/mol. The van der Waals surface area contributed by atoms with Gasteiger partial charge < -0.3 is 10.1 Å². The zero-order valence-electron chi connectivity index (χ0n) is 21.8. The minimum absolute atomic E-state index is 0.233. The molecule has 4 nitrogen and oxygen atoms in total. The quantitative estimate of drug-likeness (QED) is 0.306. The molecule has 3 aromatic carbocycles. The lowest BCUT2D eigenvalue weighted by molar-refractivity contribution is -0.121. The van der Waals surface area contributed by atoms with Gasteiger partial charge in [-0.3, -0.25) is 9.59 Å². The Morgan fingerprint density at radius 3 is 2.37 bits per heavy atom. The largest absolute Gasteiger partial charge is 0.487 e. The van der Waals surface area contributed by atoms with Crippen LogP contribution in [0.2, 0.25) is 0 Å². The molecule has 0 saturated heterocycles. The van der Waals surface area contributed by atoms with Crippen LogP contribution in [0.5, 0.6) is 5.75 Å². The summed E-state index contributed by atoms with van der Waals surface area (Å²) in [5.41, 5.74) is 0.711. The molecule has 0 radical (unpaired) electrons. The lowest BCUT2D eigenvalue weighted by Crippen LogP contribution is -2.23. The number of para-hydroxylation sites is 2. The first-order chi connectivity index (χ1) is 16.6. The molecule has 0 saturated carbocycles. The van der Waals surface area contributed by atoms with Crippen molar-refractivity contribution in [3.05, 3.63) is 102 Å². The van der Waals surface area contributed by atoms with Crippen molar-refractivity contribution in [3.63, 3.8) is 0 Å². The SMILES string of the molecule is [2H]c1c([2H])c([2H])c(C=C(C(=O)Nc2ccccc2OCc2ccccc2)C(=O)C(C)C)c([2H])c1[2H]. The van der Waals surface area contributed by atoms with Crippen LogP contribution in [0.25, 0.3) is 6.08 Å². The molecule has 0 aliphatic heterocycles. The van der Waals surface area contributed by atoms with Gasteiger partial charge in [0.15, 0.2) is 5.78 Å². The molecule has 1 N–H and O–H groups in total. The average molecular weight is 405 g/mol. The second-order valence-electron chi connectivity index (χ2n) is 6.84. The minimum atomic E-state index is -0.772. The third-order valence-electron chi connectivity index (χ3n) is 4.21. The Balaban J connectivity index is 1.97. The molecule has 0 unspecified atom stereocenters. The molecule has 0 spiro atoms. The van der Waals surface area contributed by atoms with E-state index in [9.17, 15) is 9.59 Å². The number of benzene rings is 3. The summed E-state index contributed by atoms with van der Waals surface area (Å²) in [6.45, 7) is 3.49. The molecule has 1 amide bonds. The highest BCUT2D eigenvalue weighted by molar-refractivity contribution is 6.26. The van der Waals surface area contributed by atoms with Crippen molar-refractivity contribution in [1.29, 1.82) is 0 Å². The Kier molecular flexibility index (Phi) is 5.18. The van der Waals surface area contributed by atoms with Crippen molar-refractivity contribution < 1.29 is 21.2 Å². The highest BCUT2D eigenvalue weighted by Gasteiger charge is 2.22. The molecule has 0 fully saturated rings. The van der Waals surface area contributed by atoms with Crippen molar-refractivity contribution in [2.24, 2.45) is 5.92 Å². The first kappa shape index (κ1) is 15.2. The summed E-state index contributed by atoms with van der Waals surface area (Å²) in [4.78, 5) is 26.2. The predicted molar refractivity (Wildman–Crippen MR) is 120 cm³/mol. The lowest BCUT2D eigenvalue weighted by Gasteiger charge is -2.14. The first-order valence-corrected chi connectivity index (χ1v) is 9.51. The summed E-state index contributed by atoms with van der Waals surface area (Å²) < 4.78 is 45.6. The number of hydrogen-bond donors (Lipinski definition) is 1. The van der Waals surface area contributed by atoms with E-state index >= 15 is 0 Å². The van der Waals surface area contributed by atoms with Crippen LogP contribution in [-0.4, -0.2) is 11.7 Å². The van der Waals surface area contributed by atoms with E-state index in [0.717, 1.165) is 11.6 Å². The molecule has 0 bridgehead atoms. The molecule has 4 heteroatoms. The summed E-state index contributed by atoms with van der Waals surface area (Å²) in [7, 11) is 0. The van der Waals surface area contributed by atoms with Gasteiger partial charge in [-0.1, -0.05) is 86.5 Å². The van der Waals surface area contributed by atoms with Gasteiger partial charge in [0.05, 0.1) is 18.1 Å². The second-order valence-corrected chi connectivity index (χ2v) is 6.84. The van der Waals surface area contributed by atoms with Gasteiger partial charge in [-0.2, -0.15) is 0 Å². The summed E-state index contributed by atoms with van der Waals surface area (Å²) in [5, 5.41) is 2.68. The van der Waals surface area contributed by atoms with E-state index in [-0.39, 0.29) is 17.7 Å². The van der Waals surface area contributed by atoms with E-state index in [1.807, 2.05) is 30.3 Å². The van der Waals surface area contributed by atoms with Crippen LogP contribution in [0.1, 0.15) is 31.8 Å². The minimum Gasteiger partial charge on any atom is -0.487 e. The summed E-state index contributed by atoms with van der Waals surface area (Å²) in [6, 6.07) is 13.6. The molecule has 0 heterocycles. The van der Waals surface area contributed by atoms with Crippen LogP contribution in [-0.2, 0) is 16.2 Å². The second kappa shape index (κ2) is 10.2. The van der Waals surface area contributed by atoms with Gasteiger partial charge in [-0.05, 0) is 29.3 Å². The van der Waals surface area contributed by atoms with Gasteiger partial charge in [-0.15, -0.1) is 0 Å². The fraction of sp³-hybridized carbons (Fsp3) is 0.154. The van der Waals surface area contributed by atoms with Crippen molar-refractivity contribution in [1.82, 2.24) is 0 Å². The number of nitrogens with one attached hydrogen (secondary N) is 1. The molecule has 0 atom stereocenters. The van der Waals surface area contributed by atoms with E-state index in [2.05, 4.69) is 5.32 Å². The highest BCUT2D eigenvalue weighted by Crippen LogP contribution is 2.26. The molecule has 152 valence electrons. The predicted octanol–water partition coefficient (Wildman–Crippen LogP) is 5.51. The van der Waals surface area contributed by atoms with Crippen molar-refractivity contribution in [2.75, 3.05) is 5.32 Å². The number of amides is 1. The van der Waals surface area contributed by atoms with Gasteiger partial charge in [-0.25, -0.2) is 0 Å². The number of ether oxygens (including phenoxy) is 1. The first-order valence-electron chi connectivity index (χ1n) is 12.0. The van der Waals surface area contributed by atoms with Gasteiger partial charge in [0.25, 0.3) is 5.91 Å². The Labute approximate surface area is 184 Å². The smallest absolute Gasteiger partial charge is 0.259 e. The van der Waals surface area contributed by atoms with Gasteiger partial charge in [0.1, 0.15) is 12.4 Å². The number of rotatable bonds is 8. The van der Waals surface area contributed by atoms with Crippen LogP contribution >= 0.6 is 0 Å². The van der Waals surface area contributed by atoms with Crippen molar-refractivity contribution >= 4 is 23.5 Å². The van der Waals surface area contributed by atoms with Gasteiger partial charge in [0, 0.05) is 5.92 Å². The van der Waals surface area contributed by atoms with Crippen LogP contribution < -0.4 is 10.1 Å². The molecule has 0 aromatic heterocycles. The fourth-order valence-electron chi connectivity index (χ4n) is 2.66. The third kappa shape index (κ3) is 5.67. The van der Waals surface area contributed by atoms with Crippen LogP contribution in [0.15, 0.2) is 90.4 Å². The van der Waals surface area contributed by atoms with E-state index < -0.39 is 47.8 Å². The van der Waals surface area contributed by atoms with E-state index in [4.69, 9.17) is 11.6 Å². The zero-order chi connectivity index (χ0) is 25.7. The molecule has 0 aliphatic carbocycles. The van der Waals surface area contributed by atoms with Gasteiger partial charge in [0.2, 0.25) is 0 Å². The summed E-state index contributed by atoms with van der Waals surface area (Å²) >= 11 is 0. The van der Waals surface area contributed by atoms with Gasteiger partial charge >= 0.3 is 0 Å². The molecule has 3 aromatic rings. The maximum Gasteiger partial charge on any atom is 0.259 e. The normalized spacial score (nSPS) is 13.6. The van der Waals surface area contributed by atoms with E-state index in [0.29, 0.717) is 11.4 Å². The van der Waals surface area contributed by atoms with Crippen LogP contribution in [0.4, 0.5) is 5.69 Å². The Hall–Kier alpha value is -3.66. The van der Waals surface area contributed by atoms with Crippen LogP contribution in [0, 0.1) is 5.92 Å². The lowest BCUT2D eigenvalue weighted by atomic mass is 9.98. The highest BCUT2D eigenvalue weighted by atomic mass is 16.5. The number of hydrogen-bond acceptors (Lipinski definition) is 3. The van der Waals surface area contributed by atoms with Crippen molar-refractivity contribution in [2.45, 2.75) is 20.5 Å². The van der Waals surface area contributed by atoms with E-state index in [1.165, 1.54) is 0 Å². The maximum atomic E-state index is 13.2. The molecule has 3 rings (SSSR count). The van der Waals surface area contributed by atoms with E-state index in [1.54, 1.807) is 38.1 Å². The Bertz CT molecular complexity index is 1260. The summed E-state index contributed by atoms with van der Waals surface area (Å²) in [5.74, 6) is -1.48.